The lowest BCUT2D eigenvalue weighted by Crippen LogP contribution is -2.26. The summed E-state index contributed by atoms with van der Waals surface area (Å²) < 4.78 is 5.25. The smallest absolute Gasteiger partial charge is 0.274 e. The zero-order valence-corrected chi connectivity index (χ0v) is 15.5. The number of benzene rings is 1. The van der Waals surface area contributed by atoms with Gasteiger partial charge in [0.1, 0.15) is 23.6 Å². The molecule has 0 aliphatic heterocycles. The van der Waals surface area contributed by atoms with E-state index in [9.17, 15) is 4.79 Å². The molecule has 7 heteroatoms. The van der Waals surface area contributed by atoms with E-state index in [1.165, 1.54) is 13.4 Å². The molecular weight excluding hydrogens is 340 g/mol. The Hall–Kier alpha value is -2.34. The normalized spacial score (nSPS) is 10.4. The van der Waals surface area contributed by atoms with Gasteiger partial charge in [-0.05, 0) is 31.0 Å². The molecule has 0 fully saturated rings. The van der Waals surface area contributed by atoms with Crippen LogP contribution in [0.5, 0.6) is 5.75 Å². The predicted molar refractivity (Wildman–Crippen MR) is 101 cm³/mol. The molecule has 1 N–H and O–H groups in total. The minimum absolute atomic E-state index is 0.296. The lowest BCUT2D eigenvalue weighted by molar-refractivity contribution is 0.102. The second-order valence-corrected chi connectivity index (χ2v) is 5.98. The van der Waals surface area contributed by atoms with Gasteiger partial charge in [0.05, 0.1) is 12.8 Å². The van der Waals surface area contributed by atoms with Gasteiger partial charge in [-0.2, -0.15) is 0 Å². The Labute approximate surface area is 153 Å². The predicted octanol–water partition coefficient (Wildman–Crippen LogP) is 4.02. The molecule has 1 aromatic carbocycles. The van der Waals surface area contributed by atoms with Gasteiger partial charge in [-0.3, -0.25) is 4.79 Å². The lowest BCUT2D eigenvalue weighted by Gasteiger charge is -2.22. The molecule has 0 radical (unpaired) electrons. The number of anilines is 2. The Kier molecular flexibility index (Phi) is 7.01. The van der Waals surface area contributed by atoms with Crippen LogP contribution in [0.15, 0.2) is 30.6 Å². The number of methoxy groups -OCH3 is 1. The summed E-state index contributed by atoms with van der Waals surface area (Å²) in [6.07, 6.45) is 3.42. The first-order chi connectivity index (χ1) is 12.1. The molecule has 0 unspecified atom stereocenters. The van der Waals surface area contributed by atoms with E-state index in [2.05, 4.69) is 34.0 Å². The first kappa shape index (κ1) is 19.0. The van der Waals surface area contributed by atoms with Crippen molar-refractivity contribution in [2.24, 2.45) is 0 Å². The Bertz CT molecular complexity index is 718. The van der Waals surface area contributed by atoms with Crippen LogP contribution in [-0.2, 0) is 0 Å². The van der Waals surface area contributed by atoms with Gasteiger partial charge in [-0.25, -0.2) is 9.97 Å². The fraction of sp³-hybridized carbons (Fsp3) is 0.389. The maximum Gasteiger partial charge on any atom is 0.274 e. The summed E-state index contributed by atoms with van der Waals surface area (Å²) in [5.74, 6) is 0.949. The maximum atomic E-state index is 12.6. The van der Waals surface area contributed by atoms with Gasteiger partial charge < -0.3 is 15.0 Å². The molecule has 6 nitrogen and oxygen atoms in total. The van der Waals surface area contributed by atoms with Crippen molar-refractivity contribution in [3.8, 4) is 5.75 Å². The van der Waals surface area contributed by atoms with E-state index in [0.29, 0.717) is 22.2 Å². The summed E-state index contributed by atoms with van der Waals surface area (Å²) >= 11 is 6.00. The molecule has 134 valence electrons. The van der Waals surface area contributed by atoms with Gasteiger partial charge in [0, 0.05) is 24.2 Å². The highest BCUT2D eigenvalue weighted by molar-refractivity contribution is 6.31. The molecule has 1 amide bonds. The van der Waals surface area contributed by atoms with Gasteiger partial charge in [-0.1, -0.05) is 25.4 Å². The molecule has 0 saturated carbocycles. The molecular formula is C18H23ClN4O2. The van der Waals surface area contributed by atoms with Crippen LogP contribution < -0.4 is 15.0 Å². The second-order valence-electron chi connectivity index (χ2n) is 5.55. The van der Waals surface area contributed by atoms with E-state index in [-0.39, 0.29) is 5.91 Å². The third kappa shape index (κ3) is 5.06. The first-order valence-electron chi connectivity index (χ1n) is 8.30. The number of ether oxygens (including phenoxy) is 1. The number of nitrogens with one attached hydrogen (secondary N) is 1. The Morgan fingerprint density at radius 3 is 2.56 bits per heavy atom. The van der Waals surface area contributed by atoms with Gasteiger partial charge in [0.25, 0.3) is 5.91 Å². The molecule has 25 heavy (non-hydrogen) atoms. The number of rotatable bonds is 8. The van der Waals surface area contributed by atoms with Gasteiger partial charge in [0.2, 0.25) is 0 Å². The minimum Gasteiger partial charge on any atom is -0.495 e. The summed E-state index contributed by atoms with van der Waals surface area (Å²) in [4.78, 5) is 23.1. The molecule has 1 aromatic heterocycles. The fourth-order valence-corrected chi connectivity index (χ4v) is 2.66. The van der Waals surface area contributed by atoms with Crippen LogP contribution in [0.25, 0.3) is 0 Å². The summed E-state index contributed by atoms with van der Waals surface area (Å²) in [5, 5.41) is 3.30. The standard InChI is InChI=1S/C18H23ClN4O2/c1-4-8-23(9-5-2)17-11-15(20-12-21-17)18(24)22-14-10-13(19)6-7-16(14)25-3/h6-7,10-12H,4-5,8-9H2,1-3H3,(H,22,24). The molecule has 0 spiro atoms. The van der Waals surface area contributed by atoms with E-state index < -0.39 is 0 Å². The zero-order chi connectivity index (χ0) is 18.2. The van der Waals surface area contributed by atoms with Crippen molar-refractivity contribution in [1.29, 1.82) is 0 Å². The summed E-state index contributed by atoms with van der Waals surface area (Å²) in [7, 11) is 1.54. The van der Waals surface area contributed by atoms with Crippen molar-refractivity contribution in [3.63, 3.8) is 0 Å². The lowest BCUT2D eigenvalue weighted by atomic mass is 10.2. The first-order valence-corrected chi connectivity index (χ1v) is 8.68. The van der Waals surface area contributed by atoms with Crippen LogP contribution in [-0.4, -0.2) is 36.1 Å². The Morgan fingerprint density at radius 1 is 1.20 bits per heavy atom. The van der Waals surface area contributed by atoms with E-state index in [0.717, 1.165) is 31.7 Å². The average molecular weight is 363 g/mol. The Balaban J connectivity index is 2.22. The average Bonchev–Trinajstić information content (AvgIpc) is 2.62. The SMILES string of the molecule is CCCN(CCC)c1cc(C(=O)Nc2cc(Cl)ccc2OC)ncn1. The zero-order valence-electron chi connectivity index (χ0n) is 14.8. The minimum atomic E-state index is -0.336. The topological polar surface area (TPSA) is 67.4 Å². The number of carbonyl (C=O) groups excluding carboxylic acids is 1. The van der Waals surface area contributed by atoms with Crippen LogP contribution in [0.3, 0.4) is 0 Å². The van der Waals surface area contributed by atoms with Crippen LogP contribution in [0.1, 0.15) is 37.2 Å². The highest BCUT2D eigenvalue weighted by Gasteiger charge is 2.14. The summed E-state index contributed by atoms with van der Waals surface area (Å²) in [5.41, 5.74) is 0.795. The van der Waals surface area contributed by atoms with Crippen molar-refractivity contribution < 1.29 is 9.53 Å². The van der Waals surface area contributed by atoms with Gasteiger partial charge >= 0.3 is 0 Å². The third-order valence-corrected chi connectivity index (χ3v) is 3.84. The van der Waals surface area contributed by atoms with Crippen molar-refractivity contribution in [2.45, 2.75) is 26.7 Å². The molecule has 2 aromatic rings. The van der Waals surface area contributed by atoms with Crippen molar-refractivity contribution in [2.75, 3.05) is 30.4 Å². The molecule has 0 aliphatic carbocycles. The summed E-state index contributed by atoms with van der Waals surface area (Å²) in [6.45, 7) is 5.99. The van der Waals surface area contributed by atoms with E-state index >= 15 is 0 Å². The summed E-state index contributed by atoms with van der Waals surface area (Å²) in [6, 6.07) is 6.75. The van der Waals surface area contributed by atoms with Crippen molar-refractivity contribution in [3.05, 3.63) is 41.3 Å². The highest BCUT2D eigenvalue weighted by Crippen LogP contribution is 2.28. The third-order valence-electron chi connectivity index (χ3n) is 3.61. The van der Waals surface area contributed by atoms with E-state index in [1.54, 1.807) is 24.3 Å². The number of hydrogen-bond acceptors (Lipinski definition) is 5. The molecule has 1 heterocycles. The number of amides is 1. The molecule has 0 saturated heterocycles. The van der Waals surface area contributed by atoms with Crippen LogP contribution >= 0.6 is 11.6 Å². The largest absolute Gasteiger partial charge is 0.495 e. The van der Waals surface area contributed by atoms with Crippen molar-refractivity contribution in [1.82, 2.24) is 9.97 Å². The number of nitrogens with zero attached hydrogens (tertiary/aromatic N) is 3. The molecule has 2 rings (SSSR count). The number of hydrogen-bond donors (Lipinski definition) is 1. The molecule has 0 bridgehead atoms. The molecule has 0 aliphatic rings. The second kappa shape index (κ2) is 9.22. The number of halogens is 1. The van der Waals surface area contributed by atoms with Gasteiger partial charge in [-0.15, -0.1) is 0 Å². The van der Waals surface area contributed by atoms with Crippen LogP contribution in [0.4, 0.5) is 11.5 Å². The van der Waals surface area contributed by atoms with Crippen LogP contribution in [0, 0.1) is 0 Å². The van der Waals surface area contributed by atoms with Gasteiger partial charge in [0.15, 0.2) is 0 Å². The maximum absolute atomic E-state index is 12.6. The van der Waals surface area contributed by atoms with Crippen LogP contribution in [0.2, 0.25) is 5.02 Å². The number of aromatic nitrogens is 2. The monoisotopic (exact) mass is 362 g/mol. The van der Waals surface area contributed by atoms with E-state index in [1.807, 2.05) is 0 Å². The van der Waals surface area contributed by atoms with E-state index in [4.69, 9.17) is 16.3 Å². The fourth-order valence-electron chi connectivity index (χ4n) is 2.49. The molecule has 0 atom stereocenters. The highest BCUT2D eigenvalue weighted by atomic mass is 35.5. The van der Waals surface area contributed by atoms with Crippen molar-refractivity contribution >= 4 is 29.0 Å². The quantitative estimate of drug-likeness (QED) is 0.768. The Morgan fingerprint density at radius 2 is 1.92 bits per heavy atom. The number of carbonyl (C=O) groups is 1.